The summed E-state index contributed by atoms with van der Waals surface area (Å²) in [5.74, 6) is -0.135. The second-order valence-corrected chi connectivity index (χ2v) is 6.38. The van der Waals surface area contributed by atoms with Crippen molar-refractivity contribution in [3.8, 4) is 11.3 Å². The van der Waals surface area contributed by atoms with E-state index in [0.29, 0.717) is 17.7 Å². The van der Waals surface area contributed by atoms with Crippen molar-refractivity contribution in [2.75, 3.05) is 0 Å². The zero-order valence-corrected chi connectivity index (χ0v) is 15.0. The van der Waals surface area contributed by atoms with E-state index in [1.807, 2.05) is 32.0 Å². The molecule has 0 unspecified atom stereocenters. The second-order valence-electron chi connectivity index (χ2n) is 6.38. The SMILES string of the molecule is Cc1cc(C[C@@H](C)NC(=O)c2ccc(-c3ccc(=O)n(C)n3)cc2)n[nH]1. The Bertz CT molecular complexity index is 972. The van der Waals surface area contributed by atoms with Gasteiger partial charge in [-0.3, -0.25) is 14.7 Å². The second kappa shape index (κ2) is 7.35. The molecule has 7 heteroatoms. The first-order valence-electron chi connectivity index (χ1n) is 8.39. The molecular weight excluding hydrogens is 330 g/mol. The van der Waals surface area contributed by atoms with Gasteiger partial charge in [0, 0.05) is 42.4 Å². The number of benzene rings is 1. The molecule has 3 aromatic rings. The highest BCUT2D eigenvalue weighted by Crippen LogP contribution is 2.16. The topological polar surface area (TPSA) is 92.7 Å². The lowest BCUT2D eigenvalue weighted by atomic mass is 10.1. The Kier molecular flexibility index (Phi) is 4.97. The van der Waals surface area contributed by atoms with Crippen LogP contribution in [0.3, 0.4) is 0 Å². The van der Waals surface area contributed by atoms with Gasteiger partial charge in [0.15, 0.2) is 0 Å². The summed E-state index contributed by atoms with van der Waals surface area (Å²) >= 11 is 0. The minimum Gasteiger partial charge on any atom is -0.349 e. The smallest absolute Gasteiger partial charge is 0.266 e. The van der Waals surface area contributed by atoms with E-state index in [2.05, 4.69) is 20.6 Å². The van der Waals surface area contributed by atoms with Gasteiger partial charge in [-0.05, 0) is 38.1 Å². The first-order chi connectivity index (χ1) is 12.4. The van der Waals surface area contributed by atoms with Crippen molar-refractivity contribution < 1.29 is 4.79 Å². The number of rotatable bonds is 5. The number of aryl methyl sites for hydroxylation is 2. The van der Waals surface area contributed by atoms with Gasteiger partial charge in [0.05, 0.1) is 11.4 Å². The van der Waals surface area contributed by atoms with Crippen molar-refractivity contribution in [2.24, 2.45) is 7.05 Å². The zero-order valence-electron chi connectivity index (χ0n) is 15.0. The molecule has 1 amide bonds. The van der Waals surface area contributed by atoms with Crippen LogP contribution in [0.1, 0.15) is 28.7 Å². The average molecular weight is 351 g/mol. The summed E-state index contributed by atoms with van der Waals surface area (Å²) in [5, 5.41) is 14.3. The van der Waals surface area contributed by atoms with Gasteiger partial charge in [-0.2, -0.15) is 10.2 Å². The number of hydrogen-bond donors (Lipinski definition) is 2. The molecule has 0 aliphatic heterocycles. The first kappa shape index (κ1) is 17.6. The van der Waals surface area contributed by atoms with Crippen LogP contribution in [0.5, 0.6) is 0 Å². The lowest BCUT2D eigenvalue weighted by molar-refractivity contribution is 0.0940. The molecule has 0 bridgehead atoms. The molecule has 7 nitrogen and oxygen atoms in total. The molecule has 2 N–H and O–H groups in total. The Morgan fingerprint density at radius 1 is 1.23 bits per heavy atom. The zero-order chi connectivity index (χ0) is 18.7. The number of H-pyrrole nitrogens is 1. The van der Waals surface area contributed by atoms with E-state index in [9.17, 15) is 9.59 Å². The molecule has 1 aromatic carbocycles. The number of carbonyl (C=O) groups excluding carboxylic acids is 1. The van der Waals surface area contributed by atoms with Crippen LogP contribution in [0.2, 0.25) is 0 Å². The number of nitrogens with one attached hydrogen (secondary N) is 2. The molecule has 1 atom stereocenters. The van der Waals surface area contributed by atoms with Crippen molar-refractivity contribution in [1.82, 2.24) is 25.3 Å². The van der Waals surface area contributed by atoms with E-state index in [-0.39, 0.29) is 17.5 Å². The summed E-state index contributed by atoms with van der Waals surface area (Å²) in [6, 6.07) is 12.2. The monoisotopic (exact) mass is 351 g/mol. The lowest BCUT2D eigenvalue weighted by Gasteiger charge is -2.13. The van der Waals surface area contributed by atoms with Crippen LogP contribution in [0.4, 0.5) is 0 Å². The van der Waals surface area contributed by atoms with Gasteiger partial charge in [0.25, 0.3) is 11.5 Å². The van der Waals surface area contributed by atoms with E-state index >= 15 is 0 Å². The fourth-order valence-electron chi connectivity index (χ4n) is 2.70. The maximum absolute atomic E-state index is 12.4. The number of amides is 1. The molecule has 0 aliphatic rings. The highest BCUT2D eigenvalue weighted by Gasteiger charge is 2.12. The summed E-state index contributed by atoms with van der Waals surface area (Å²) in [6.07, 6.45) is 0.663. The third kappa shape index (κ3) is 4.05. The summed E-state index contributed by atoms with van der Waals surface area (Å²) < 4.78 is 1.29. The molecular formula is C19H21N5O2. The Hall–Kier alpha value is -3.22. The van der Waals surface area contributed by atoms with E-state index in [4.69, 9.17) is 0 Å². The normalized spacial score (nSPS) is 12.0. The Morgan fingerprint density at radius 2 is 1.96 bits per heavy atom. The molecule has 3 rings (SSSR count). The van der Waals surface area contributed by atoms with E-state index < -0.39 is 0 Å². The fraction of sp³-hybridized carbons (Fsp3) is 0.263. The van der Waals surface area contributed by atoms with Crippen LogP contribution in [0.15, 0.2) is 47.3 Å². The first-order valence-corrected chi connectivity index (χ1v) is 8.39. The van der Waals surface area contributed by atoms with Crippen LogP contribution >= 0.6 is 0 Å². The van der Waals surface area contributed by atoms with E-state index in [0.717, 1.165) is 17.0 Å². The Balaban J connectivity index is 1.66. The van der Waals surface area contributed by atoms with E-state index in [1.165, 1.54) is 10.7 Å². The third-order valence-corrected chi connectivity index (χ3v) is 4.06. The number of aromatic amines is 1. The van der Waals surface area contributed by atoms with Crippen molar-refractivity contribution in [1.29, 1.82) is 0 Å². The number of carbonyl (C=O) groups is 1. The highest BCUT2D eigenvalue weighted by atomic mass is 16.1. The quantitative estimate of drug-likeness (QED) is 0.733. The number of nitrogens with zero attached hydrogens (tertiary/aromatic N) is 3. The fourth-order valence-corrected chi connectivity index (χ4v) is 2.70. The molecule has 0 saturated heterocycles. The molecule has 0 spiro atoms. The molecule has 0 radical (unpaired) electrons. The summed E-state index contributed by atoms with van der Waals surface area (Å²) in [4.78, 5) is 23.8. The minimum absolute atomic E-state index is 0.0322. The largest absolute Gasteiger partial charge is 0.349 e. The highest BCUT2D eigenvalue weighted by molar-refractivity contribution is 5.94. The van der Waals surface area contributed by atoms with Gasteiger partial charge in [-0.1, -0.05) is 12.1 Å². The molecule has 26 heavy (non-hydrogen) atoms. The van der Waals surface area contributed by atoms with Gasteiger partial charge in [-0.15, -0.1) is 0 Å². The maximum Gasteiger partial charge on any atom is 0.266 e. The summed E-state index contributed by atoms with van der Waals surface area (Å²) in [7, 11) is 1.61. The van der Waals surface area contributed by atoms with Crippen LogP contribution in [-0.4, -0.2) is 31.9 Å². The van der Waals surface area contributed by atoms with Gasteiger partial charge < -0.3 is 5.32 Å². The number of aromatic nitrogens is 4. The minimum atomic E-state index is -0.161. The molecule has 0 aliphatic carbocycles. The van der Waals surface area contributed by atoms with Crippen molar-refractivity contribution in [2.45, 2.75) is 26.3 Å². The predicted octanol–water partition coefficient (Wildman–Crippen LogP) is 1.84. The van der Waals surface area contributed by atoms with Crippen molar-refractivity contribution in [3.05, 3.63) is 69.8 Å². The molecule has 0 saturated carbocycles. The van der Waals surface area contributed by atoms with Crippen LogP contribution in [0, 0.1) is 6.92 Å². The molecule has 134 valence electrons. The predicted molar refractivity (Wildman–Crippen MR) is 98.9 cm³/mol. The Morgan fingerprint density at radius 3 is 2.58 bits per heavy atom. The molecule has 2 heterocycles. The van der Waals surface area contributed by atoms with Crippen LogP contribution in [0.25, 0.3) is 11.3 Å². The third-order valence-electron chi connectivity index (χ3n) is 4.06. The molecule has 2 aromatic heterocycles. The maximum atomic E-state index is 12.4. The van der Waals surface area contributed by atoms with Crippen LogP contribution < -0.4 is 10.9 Å². The van der Waals surface area contributed by atoms with Gasteiger partial charge >= 0.3 is 0 Å². The van der Waals surface area contributed by atoms with Crippen LogP contribution in [-0.2, 0) is 13.5 Å². The summed E-state index contributed by atoms with van der Waals surface area (Å²) in [5.41, 5.74) is 3.86. The van der Waals surface area contributed by atoms with E-state index in [1.54, 1.807) is 25.2 Å². The Labute approximate surface area is 151 Å². The van der Waals surface area contributed by atoms with Gasteiger partial charge in [-0.25, -0.2) is 4.68 Å². The number of hydrogen-bond acceptors (Lipinski definition) is 4. The average Bonchev–Trinajstić information content (AvgIpc) is 3.02. The lowest BCUT2D eigenvalue weighted by Crippen LogP contribution is -2.34. The summed E-state index contributed by atoms with van der Waals surface area (Å²) in [6.45, 7) is 3.89. The van der Waals surface area contributed by atoms with Crippen molar-refractivity contribution in [3.63, 3.8) is 0 Å². The van der Waals surface area contributed by atoms with Crippen molar-refractivity contribution >= 4 is 5.91 Å². The standard InChI is InChI=1S/C19H21N5O2/c1-12(10-16-11-13(2)21-22-16)20-19(26)15-6-4-14(5-7-15)17-8-9-18(25)24(3)23-17/h4-9,11-12H,10H2,1-3H3,(H,20,26)(H,21,22)/t12-/m1/s1. The van der Waals surface area contributed by atoms with Gasteiger partial charge in [0.1, 0.15) is 0 Å². The van der Waals surface area contributed by atoms with Gasteiger partial charge in [0.2, 0.25) is 0 Å². The molecule has 0 fully saturated rings.